The van der Waals surface area contributed by atoms with Crippen molar-refractivity contribution in [2.45, 2.75) is 6.54 Å². The van der Waals surface area contributed by atoms with Crippen LogP contribution >= 0.6 is 0 Å². The molecule has 0 unspecified atom stereocenters. The van der Waals surface area contributed by atoms with Crippen molar-refractivity contribution in [2.75, 3.05) is 25.6 Å². The van der Waals surface area contributed by atoms with Gasteiger partial charge in [-0.2, -0.15) is 0 Å². The number of benzene rings is 3. The molecule has 2 aliphatic heterocycles. The van der Waals surface area contributed by atoms with Gasteiger partial charge in [0.2, 0.25) is 0 Å². The van der Waals surface area contributed by atoms with E-state index >= 15 is 0 Å². The Bertz CT molecular complexity index is 1290. The molecule has 2 heterocycles. The topological polar surface area (TPSA) is 77.1 Å². The first kappa shape index (κ1) is 21.5. The lowest BCUT2D eigenvalue weighted by atomic mass is 10.0. The summed E-state index contributed by atoms with van der Waals surface area (Å²) < 4.78 is 29.9. The Morgan fingerprint density at radius 3 is 2.32 bits per heavy atom. The minimum absolute atomic E-state index is 0.0820. The summed E-state index contributed by atoms with van der Waals surface area (Å²) in [6, 6.07) is 17.8. The van der Waals surface area contributed by atoms with Crippen LogP contribution < -0.4 is 19.5 Å². The zero-order valence-corrected chi connectivity index (χ0v) is 18.3. The Kier molecular flexibility index (Phi) is 5.63. The highest BCUT2D eigenvalue weighted by molar-refractivity contribution is 6.36. The van der Waals surface area contributed by atoms with Crippen molar-refractivity contribution in [3.05, 3.63) is 89.4 Å². The number of fused-ring (bicyclic) bond motifs is 1. The molecule has 0 fully saturated rings. The van der Waals surface area contributed by atoms with Crippen LogP contribution in [0.4, 0.5) is 10.1 Å². The maximum atomic E-state index is 13.5. The van der Waals surface area contributed by atoms with Gasteiger partial charge in [0.1, 0.15) is 30.5 Å². The fraction of sp³-hybridized carbons (Fsp3) is 0.154. The minimum atomic E-state index is -0.477. The summed E-state index contributed by atoms with van der Waals surface area (Å²) in [6.45, 7) is 0.971. The molecule has 3 aromatic rings. The van der Waals surface area contributed by atoms with E-state index in [4.69, 9.17) is 14.2 Å². The van der Waals surface area contributed by atoms with Gasteiger partial charge in [0.15, 0.2) is 11.5 Å². The lowest BCUT2D eigenvalue weighted by Crippen LogP contribution is -2.32. The van der Waals surface area contributed by atoms with Gasteiger partial charge in [-0.25, -0.2) is 4.39 Å². The van der Waals surface area contributed by atoms with Crippen molar-refractivity contribution in [3.8, 4) is 17.2 Å². The van der Waals surface area contributed by atoms with Crippen molar-refractivity contribution in [1.82, 2.24) is 4.90 Å². The number of carbonyl (C=O) groups excluding carboxylic acids is 2. The molecule has 0 saturated heterocycles. The molecular formula is C26H21FN2O5. The first-order chi connectivity index (χ1) is 16.5. The van der Waals surface area contributed by atoms with Crippen LogP contribution in [0.15, 0.2) is 72.4 Å². The second-order valence-electron chi connectivity index (χ2n) is 7.78. The molecule has 0 bridgehead atoms. The predicted molar refractivity (Wildman–Crippen MR) is 123 cm³/mol. The summed E-state index contributed by atoms with van der Waals surface area (Å²) in [6.07, 6.45) is 0. The zero-order chi connectivity index (χ0) is 23.7. The average Bonchev–Trinajstić information content (AvgIpc) is 3.09. The lowest BCUT2D eigenvalue weighted by Gasteiger charge is -2.19. The Labute approximate surface area is 195 Å². The van der Waals surface area contributed by atoms with Crippen molar-refractivity contribution in [2.24, 2.45) is 0 Å². The predicted octanol–water partition coefficient (Wildman–Crippen LogP) is 4.00. The summed E-state index contributed by atoms with van der Waals surface area (Å²) >= 11 is 0. The van der Waals surface area contributed by atoms with Crippen molar-refractivity contribution in [1.29, 1.82) is 0 Å². The highest BCUT2D eigenvalue weighted by Gasteiger charge is 2.39. The molecule has 5 rings (SSSR count). The van der Waals surface area contributed by atoms with Crippen molar-refractivity contribution >= 4 is 23.1 Å². The molecule has 0 aromatic heterocycles. The Morgan fingerprint density at radius 2 is 1.62 bits per heavy atom. The summed E-state index contributed by atoms with van der Waals surface area (Å²) in [5.74, 6) is 0.459. The fourth-order valence-electron chi connectivity index (χ4n) is 3.90. The van der Waals surface area contributed by atoms with Gasteiger partial charge in [0.05, 0.1) is 19.2 Å². The number of nitrogens with one attached hydrogen (secondary N) is 1. The molecular weight excluding hydrogens is 439 g/mol. The van der Waals surface area contributed by atoms with Crippen LogP contribution in [0.3, 0.4) is 0 Å². The van der Waals surface area contributed by atoms with Crippen LogP contribution in [0.1, 0.15) is 11.1 Å². The van der Waals surface area contributed by atoms with E-state index in [2.05, 4.69) is 5.32 Å². The summed E-state index contributed by atoms with van der Waals surface area (Å²) in [5, 5.41) is 3.09. The Balaban J connectivity index is 1.49. The third kappa shape index (κ3) is 4.05. The van der Waals surface area contributed by atoms with Crippen LogP contribution in [0.2, 0.25) is 0 Å². The molecule has 8 heteroatoms. The SMILES string of the molecule is COc1ccc(CN2C(=O)C(Nc3ccc4c(c3)OCCO4)=C(c3ccc(F)cc3)C2=O)cc1. The van der Waals surface area contributed by atoms with Gasteiger partial charge in [-0.3, -0.25) is 14.5 Å². The number of carbonyl (C=O) groups is 2. The van der Waals surface area contributed by atoms with Gasteiger partial charge in [-0.15, -0.1) is 0 Å². The molecule has 0 aliphatic carbocycles. The van der Waals surface area contributed by atoms with Crippen LogP contribution in [0, 0.1) is 5.82 Å². The summed E-state index contributed by atoms with van der Waals surface area (Å²) in [4.78, 5) is 28.0. The van der Waals surface area contributed by atoms with Gasteiger partial charge >= 0.3 is 0 Å². The number of hydrogen-bond donors (Lipinski definition) is 1. The van der Waals surface area contributed by atoms with E-state index in [0.29, 0.717) is 41.7 Å². The maximum Gasteiger partial charge on any atom is 0.278 e. The highest BCUT2D eigenvalue weighted by Crippen LogP contribution is 2.36. The molecule has 0 saturated carbocycles. The van der Waals surface area contributed by atoms with E-state index < -0.39 is 17.6 Å². The number of rotatable bonds is 6. The number of halogens is 1. The van der Waals surface area contributed by atoms with Gasteiger partial charge in [0, 0.05) is 11.8 Å². The smallest absolute Gasteiger partial charge is 0.278 e. The molecule has 0 atom stereocenters. The number of ether oxygens (including phenoxy) is 3. The molecule has 7 nitrogen and oxygen atoms in total. The van der Waals surface area contributed by atoms with E-state index in [0.717, 1.165) is 5.56 Å². The molecule has 2 aliphatic rings. The number of nitrogens with zero attached hydrogens (tertiary/aromatic N) is 1. The zero-order valence-electron chi connectivity index (χ0n) is 18.3. The number of amides is 2. The van der Waals surface area contributed by atoms with Gasteiger partial charge in [-0.05, 0) is 47.5 Å². The van der Waals surface area contributed by atoms with Gasteiger partial charge in [0.25, 0.3) is 11.8 Å². The van der Waals surface area contributed by atoms with E-state index in [-0.39, 0.29) is 17.8 Å². The Hall–Kier alpha value is -4.33. The minimum Gasteiger partial charge on any atom is -0.497 e. The van der Waals surface area contributed by atoms with Gasteiger partial charge < -0.3 is 19.5 Å². The normalized spacial score (nSPS) is 15.1. The third-order valence-electron chi connectivity index (χ3n) is 5.61. The van der Waals surface area contributed by atoms with Crippen LogP contribution in [-0.4, -0.2) is 37.0 Å². The molecule has 172 valence electrons. The van der Waals surface area contributed by atoms with Crippen LogP contribution in [0.5, 0.6) is 17.2 Å². The first-order valence-corrected chi connectivity index (χ1v) is 10.7. The summed E-state index contributed by atoms with van der Waals surface area (Å²) in [5.41, 5.74) is 2.06. The number of imide groups is 1. The second kappa shape index (κ2) is 8.90. The number of methoxy groups -OCH3 is 1. The quantitative estimate of drug-likeness (QED) is 0.561. The molecule has 3 aromatic carbocycles. The monoisotopic (exact) mass is 460 g/mol. The number of anilines is 1. The summed E-state index contributed by atoms with van der Waals surface area (Å²) in [7, 11) is 1.57. The van der Waals surface area contributed by atoms with Crippen molar-refractivity contribution in [3.63, 3.8) is 0 Å². The molecule has 0 radical (unpaired) electrons. The third-order valence-corrected chi connectivity index (χ3v) is 5.61. The molecule has 34 heavy (non-hydrogen) atoms. The first-order valence-electron chi connectivity index (χ1n) is 10.7. The molecule has 1 N–H and O–H groups in total. The van der Waals surface area contributed by atoms with E-state index in [1.165, 1.54) is 29.2 Å². The van der Waals surface area contributed by atoms with Crippen molar-refractivity contribution < 1.29 is 28.2 Å². The van der Waals surface area contributed by atoms with E-state index in [1.54, 1.807) is 49.6 Å². The van der Waals surface area contributed by atoms with E-state index in [9.17, 15) is 14.0 Å². The largest absolute Gasteiger partial charge is 0.497 e. The molecule has 2 amide bonds. The average molecular weight is 460 g/mol. The van der Waals surface area contributed by atoms with Gasteiger partial charge in [-0.1, -0.05) is 24.3 Å². The maximum absolute atomic E-state index is 13.5. The second-order valence-corrected chi connectivity index (χ2v) is 7.78. The number of hydrogen-bond acceptors (Lipinski definition) is 6. The van der Waals surface area contributed by atoms with E-state index in [1.807, 2.05) is 0 Å². The standard InChI is InChI=1S/C26H21FN2O5/c1-32-20-9-2-16(3-10-20)15-29-25(30)23(17-4-6-18(27)7-5-17)24(26(29)31)28-19-8-11-21-22(14-19)34-13-12-33-21/h2-11,14,28H,12-13,15H2,1H3. The van der Waals surface area contributed by atoms with Crippen LogP contribution in [0.25, 0.3) is 5.57 Å². The highest BCUT2D eigenvalue weighted by atomic mass is 19.1. The fourth-order valence-corrected chi connectivity index (χ4v) is 3.90. The lowest BCUT2D eigenvalue weighted by molar-refractivity contribution is -0.137. The molecule has 0 spiro atoms. The van der Waals surface area contributed by atoms with Crippen LogP contribution in [-0.2, 0) is 16.1 Å². The Morgan fingerprint density at radius 1 is 0.912 bits per heavy atom.